The van der Waals surface area contributed by atoms with E-state index in [0.29, 0.717) is 25.3 Å². The van der Waals surface area contributed by atoms with Crippen LogP contribution in [0.25, 0.3) is 10.9 Å². The molecule has 0 spiro atoms. The average Bonchev–Trinajstić information content (AvgIpc) is 2.88. The molecule has 116 valence electrons. The smallest absolute Gasteiger partial charge is 0.270 e. The Labute approximate surface area is 128 Å². The SMILES string of the molecule is CCNC(=O)C1CN(C(=O)c2cc3cc(OC)ccc3[nH]2)C1. The van der Waals surface area contributed by atoms with Gasteiger partial charge in [-0.1, -0.05) is 0 Å². The summed E-state index contributed by atoms with van der Waals surface area (Å²) in [6.07, 6.45) is 0. The molecular weight excluding hydrogens is 282 g/mol. The van der Waals surface area contributed by atoms with Gasteiger partial charge in [0, 0.05) is 30.5 Å². The number of aromatic amines is 1. The van der Waals surface area contributed by atoms with E-state index in [2.05, 4.69) is 10.3 Å². The quantitative estimate of drug-likeness (QED) is 0.896. The van der Waals surface area contributed by atoms with Crippen molar-refractivity contribution in [3.8, 4) is 5.75 Å². The van der Waals surface area contributed by atoms with E-state index in [1.165, 1.54) is 0 Å². The third-order valence-corrected chi connectivity index (χ3v) is 3.95. The van der Waals surface area contributed by atoms with E-state index in [1.54, 1.807) is 12.0 Å². The van der Waals surface area contributed by atoms with Crippen molar-refractivity contribution in [3.05, 3.63) is 30.0 Å². The molecule has 1 aromatic carbocycles. The van der Waals surface area contributed by atoms with E-state index in [1.807, 2.05) is 31.2 Å². The van der Waals surface area contributed by atoms with Gasteiger partial charge in [-0.15, -0.1) is 0 Å². The first kappa shape index (κ1) is 14.4. The summed E-state index contributed by atoms with van der Waals surface area (Å²) < 4.78 is 5.18. The number of ether oxygens (including phenoxy) is 1. The standard InChI is InChI=1S/C16H19N3O3/c1-3-17-15(20)11-8-19(9-11)16(21)14-7-10-6-12(22-2)4-5-13(10)18-14/h4-7,11,18H,3,8-9H2,1-2H3,(H,17,20). The second kappa shape index (κ2) is 5.71. The molecule has 2 amide bonds. The lowest BCUT2D eigenvalue weighted by Gasteiger charge is -2.37. The van der Waals surface area contributed by atoms with Crippen molar-refractivity contribution >= 4 is 22.7 Å². The van der Waals surface area contributed by atoms with Gasteiger partial charge in [0.15, 0.2) is 0 Å². The molecule has 1 aromatic heterocycles. The zero-order chi connectivity index (χ0) is 15.7. The number of aromatic nitrogens is 1. The number of methoxy groups -OCH3 is 1. The monoisotopic (exact) mass is 301 g/mol. The van der Waals surface area contributed by atoms with E-state index < -0.39 is 0 Å². The highest BCUT2D eigenvalue weighted by Gasteiger charge is 2.36. The molecule has 6 nitrogen and oxygen atoms in total. The molecule has 6 heteroatoms. The molecule has 0 aliphatic carbocycles. The number of hydrogen-bond acceptors (Lipinski definition) is 3. The van der Waals surface area contributed by atoms with Crippen LogP contribution in [0.5, 0.6) is 5.75 Å². The van der Waals surface area contributed by atoms with Gasteiger partial charge in [0.1, 0.15) is 11.4 Å². The molecule has 2 aromatic rings. The first-order valence-electron chi connectivity index (χ1n) is 7.36. The predicted molar refractivity (Wildman–Crippen MR) is 82.9 cm³/mol. The number of likely N-dealkylation sites (tertiary alicyclic amines) is 1. The van der Waals surface area contributed by atoms with E-state index in [0.717, 1.165) is 16.7 Å². The minimum atomic E-state index is -0.0895. The minimum absolute atomic E-state index is 0.0212. The average molecular weight is 301 g/mol. The summed E-state index contributed by atoms with van der Waals surface area (Å²) in [4.78, 5) is 28.9. The van der Waals surface area contributed by atoms with Gasteiger partial charge >= 0.3 is 0 Å². The molecule has 0 unspecified atom stereocenters. The van der Waals surface area contributed by atoms with Crippen molar-refractivity contribution < 1.29 is 14.3 Å². The van der Waals surface area contributed by atoms with Crippen LogP contribution in [0.1, 0.15) is 17.4 Å². The Morgan fingerprint density at radius 3 is 2.82 bits per heavy atom. The second-order valence-electron chi connectivity index (χ2n) is 5.44. The highest BCUT2D eigenvalue weighted by Crippen LogP contribution is 2.24. The first-order chi connectivity index (χ1) is 10.6. The van der Waals surface area contributed by atoms with Gasteiger partial charge in [0.25, 0.3) is 5.91 Å². The van der Waals surface area contributed by atoms with Crippen LogP contribution in [0.15, 0.2) is 24.3 Å². The lowest BCUT2D eigenvalue weighted by molar-refractivity contribution is -0.128. The van der Waals surface area contributed by atoms with Crippen LogP contribution >= 0.6 is 0 Å². The van der Waals surface area contributed by atoms with Crippen LogP contribution in [0, 0.1) is 5.92 Å². The molecule has 2 heterocycles. The maximum Gasteiger partial charge on any atom is 0.270 e. The topological polar surface area (TPSA) is 74.4 Å². The maximum atomic E-state index is 12.4. The molecule has 1 aliphatic rings. The highest BCUT2D eigenvalue weighted by molar-refractivity contribution is 5.99. The lowest BCUT2D eigenvalue weighted by atomic mass is 9.98. The third kappa shape index (κ3) is 2.52. The number of hydrogen-bond donors (Lipinski definition) is 2. The third-order valence-electron chi connectivity index (χ3n) is 3.95. The van der Waals surface area contributed by atoms with Gasteiger partial charge in [-0.05, 0) is 31.2 Å². The summed E-state index contributed by atoms with van der Waals surface area (Å²) in [6.45, 7) is 3.46. The summed E-state index contributed by atoms with van der Waals surface area (Å²) >= 11 is 0. The summed E-state index contributed by atoms with van der Waals surface area (Å²) in [5.41, 5.74) is 1.43. The van der Waals surface area contributed by atoms with Crippen LogP contribution in [0.2, 0.25) is 0 Å². The molecule has 0 radical (unpaired) electrons. The fourth-order valence-corrected chi connectivity index (χ4v) is 2.65. The summed E-state index contributed by atoms with van der Waals surface area (Å²) in [7, 11) is 1.61. The van der Waals surface area contributed by atoms with Crippen LogP contribution in [0.4, 0.5) is 0 Å². The molecule has 22 heavy (non-hydrogen) atoms. The van der Waals surface area contributed by atoms with Gasteiger partial charge in [-0.25, -0.2) is 0 Å². The molecule has 0 atom stereocenters. The maximum absolute atomic E-state index is 12.4. The summed E-state index contributed by atoms with van der Waals surface area (Å²) in [6, 6.07) is 7.44. The zero-order valence-corrected chi connectivity index (χ0v) is 12.7. The van der Waals surface area contributed by atoms with Gasteiger partial charge in [0.2, 0.25) is 5.91 Å². The lowest BCUT2D eigenvalue weighted by Crippen LogP contribution is -2.55. The molecule has 0 saturated carbocycles. The highest BCUT2D eigenvalue weighted by atomic mass is 16.5. The van der Waals surface area contributed by atoms with Gasteiger partial charge in [0.05, 0.1) is 13.0 Å². The Balaban J connectivity index is 1.70. The van der Waals surface area contributed by atoms with Crippen molar-refractivity contribution in [3.63, 3.8) is 0 Å². The fourth-order valence-electron chi connectivity index (χ4n) is 2.65. The number of fused-ring (bicyclic) bond motifs is 1. The van der Waals surface area contributed by atoms with Crippen molar-refractivity contribution in [2.24, 2.45) is 5.92 Å². The second-order valence-corrected chi connectivity index (χ2v) is 5.44. The first-order valence-corrected chi connectivity index (χ1v) is 7.36. The molecule has 1 fully saturated rings. The number of H-pyrrole nitrogens is 1. The van der Waals surface area contributed by atoms with Gasteiger partial charge in [-0.2, -0.15) is 0 Å². The zero-order valence-electron chi connectivity index (χ0n) is 12.7. The predicted octanol–water partition coefficient (Wildman–Crippen LogP) is 1.38. The Hall–Kier alpha value is -2.50. The molecule has 1 saturated heterocycles. The Morgan fingerprint density at radius 1 is 1.36 bits per heavy atom. The normalized spacial score (nSPS) is 14.7. The number of nitrogens with one attached hydrogen (secondary N) is 2. The Bertz CT molecular complexity index is 716. The van der Waals surface area contributed by atoms with Gasteiger partial charge < -0.3 is 19.9 Å². The molecule has 2 N–H and O–H groups in total. The van der Waals surface area contributed by atoms with Crippen molar-refractivity contribution in [1.29, 1.82) is 0 Å². The van der Waals surface area contributed by atoms with E-state index in [4.69, 9.17) is 4.74 Å². The van der Waals surface area contributed by atoms with Crippen LogP contribution in [0.3, 0.4) is 0 Å². The van der Waals surface area contributed by atoms with E-state index in [-0.39, 0.29) is 17.7 Å². The van der Waals surface area contributed by atoms with E-state index >= 15 is 0 Å². The molecule has 3 rings (SSSR count). The Morgan fingerprint density at radius 2 is 2.14 bits per heavy atom. The van der Waals surface area contributed by atoms with Crippen molar-refractivity contribution in [2.75, 3.05) is 26.7 Å². The summed E-state index contributed by atoms with van der Waals surface area (Å²) in [5, 5.41) is 3.72. The number of nitrogens with zero attached hydrogens (tertiary/aromatic N) is 1. The van der Waals surface area contributed by atoms with Crippen molar-refractivity contribution in [1.82, 2.24) is 15.2 Å². The minimum Gasteiger partial charge on any atom is -0.497 e. The number of rotatable bonds is 4. The van der Waals surface area contributed by atoms with Crippen LogP contribution in [-0.2, 0) is 4.79 Å². The fraction of sp³-hybridized carbons (Fsp3) is 0.375. The summed E-state index contributed by atoms with van der Waals surface area (Å²) in [5.74, 6) is 0.614. The van der Waals surface area contributed by atoms with Crippen molar-refractivity contribution in [2.45, 2.75) is 6.92 Å². The molecule has 1 aliphatic heterocycles. The molecule has 0 bridgehead atoms. The number of carbonyl (C=O) groups excluding carboxylic acids is 2. The number of amides is 2. The van der Waals surface area contributed by atoms with E-state index in [9.17, 15) is 9.59 Å². The van der Waals surface area contributed by atoms with Gasteiger partial charge in [-0.3, -0.25) is 9.59 Å². The Kier molecular flexibility index (Phi) is 3.75. The number of benzene rings is 1. The molecular formula is C16H19N3O3. The van der Waals surface area contributed by atoms with Crippen LogP contribution in [-0.4, -0.2) is 48.4 Å². The largest absolute Gasteiger partial charge is 0.497 e. The number of carbonyl (C=O) groups is 2. The van der Waals surface area contributed by atoms with Crippen LogP contribution < -0.4 is 10.1 Å².